The molecule has 0 amide bonds. The van der Waals surface area contributed by atoms with Crippen LogP contribution < -0.4 is 9.47 Å². The van der Waals surface area contributed by atoms with E-state index in [9.17, 15) is 9.90 Å². The summed E-state index contributed by atoms with van der Waals surface area (Å²) in [6.07, 6.45) is 0. The van der Waals surface area contributed by atoms with Gasteiger partial charge in [0, 0.05) is 17.7 Å². The van der Waals surface area contributed by atoms with Crippen LogP contribution in [0.5, 0.6) is 11.5 Å². The van der Waals surface area contributed by atoms with Crippen molar-refractivity contribution in [1.82, 2.24) is 4.98 Å². The third-order valence-electron chi connectivity index (χ3n) is 3.60. The Hall–Kier alpha value is -3.08. The van der Waals surface area contributed by atoms with Crippen LogP contribution in [-0.2, 0) is 0 Å². The zero-order chi connectivity index (χ0) is 16.4. The van der Waals surface area contributed by atoms with Crippen LogP contribution >= 0.6 is 0 Å². The number of carbonyl (C=O) groups is 1. The van der Waals surface area contributed by atoms with E-state index in [0.29, 0.717) is 28.1 Å². The molecular weight excluding hydrogens is 294 g/mol. The minimum Gasteiger partial charge on any atom is -0.497 e. The molecule has 0 spiro atoms. The zero-order valence-corrected chi connectivity index (χ0v) is 12.7. The Bertz CT molecular complexity index is 875. The molecule has 0 radical (unpaired) electrons. The van der Waals surface area contributed by atoms with Crippen molar-refractivity contribution in [2.75, 3.05) is 14.2 Å². The van der Waals surface area contributed by atoms with Crippen molar-refractivity contribution in [2.24, 2.45) is 0 Å². The molecule has 1 N–H and O–H groups in total. The minimum absolute atomic E-state index is 0.147. The molecule has 2 aromatic carbocycles. The van der Waals surface area contributed by atoms with Crippen molar-refractivity contribution in [2.45, 2.75) is 0 Å². The molecule has 23 heavy (non-hydrogen) atoms. The van der Waals surface area contributed by atoms with Gasteiger partial charge in [-0.3, -0.25) is 0 Å². The van der Waals surface area contributed by atoms with Crippen molar-refractivity contribution in [3.05, 3.63) is 54.1 Å². The van der Waals surface area contributed by atoms with E-state index in [4.69, 9.17) is 9.47 Å². The van der Waals surface area contributed by atoms with E-state index < -0.39 is 5.97 Å². The lowest BCUT2D eigenvalue weighted by Gasteiger charge is -2.12. The summed E-state index contributed by atoms with van der Waals surface area (Å²) in [5.41, 5.74) is 2.10. The highest BCUT2D eigenvalue weighted by Crippen LogP contribution is 2.35. The van der Waals surface area contributed by atoms with Crippen LogP contribution in [-0.4, -0.2) is 30.3 Å². The molecule has 3 aromatic rings. The molecule has 116 valence electrons. The van der Waals surface area contributed by atoms with Gasteiger partial charge in [0.15, 0.2) is 0 Å². The summed E-state index contributed by atoms with van der Waals surface area (Å²) in [5, 5.41) is 10.0. The van der Waals surface area contributed by atoms with Gasteiger partial charge >= 0.3 is 5.97 Å². The predicted molar refractivity (Wildman–Crippen MR) is 87.2 cm³/mol. The molecule has 0 aliphatic rings. The summed E-state index contributed by atoms with van der Waals surface area (Å²) < 4.78 is 10.6. The Morgan fingerprint density at radius 1 is 1.04 bits per heavy atom. The van der Waals surface area contributed by atoms with E-state index in [-0.39, 0.29) is 5.56 Å². The van der Waals surface area contributed by atoms with Crippen LogP contribution in [0.2, 0.25) is 0 Å². The van der Waals surface area contributed by atoms with Crippen LogP contribution in [0.4, 0.5) is 0 Å². The third-order valence-corrected chi connectivity index (χ3v) is 3.60. The number of aromatic nitrogens is 1. The van der Waals surface area contributed by atoms with Crippen LogP contribution in [0.1, 0.15) is 10.4 Å². The zero-order valence-electron chi connectivity index (χ0n) is 12.7. The summed E-state index contributed by atoms with van der Waals surface area (Å²) >= 11 is 0. The lowest BCUT2D eigenvalue weighted by Crippen LogP contribution is -2.02. The monoisotopic (exact) mass is 309 g/mol. The molecule has 5 nitrogen and oxygen atoms in total. The maximum atomic E-state index is 11.7. The van der Waals surface area contributed by atoms with E-state index in [1.54, 1.807) is 25.3 Å². The number of aromatic carboxylic acids is 1. The van der Waals surface area contributed by atoms with Gasteiger partial charge < -0.3 is 14.6 Å². The van der Waals surface area contributed by atoms with Gasteiger partial charge in [-0.1, -0.05) is 30.3 Å². The molecule has 0 aliphatic carbocycles. The molecule has 3 rings (SSSR count). The third kappa shape index (κ3) is 2.68. The Morgan fingerprint density at radius 3 is 2.39 bits per heavy atom. The van der Waals surface area contributed by atoms with Gasteiger partial charge in [0.25, 0.3) is 0 Å². The average Bonchev–Trinajstić information content (AvgIpc) is 2.60. The van der Waals surface area contributed by atoms with Crippen molar-refractivity contribution in [1.29, 1.82) is 0 Å². The van der Waals surface area contributed by atoms with E-state index >= 15 is 0 Å². The molecule has 0 aliphatic heterocycles. The number of benzene rings is 2. The van der Waals surface area contributed by atoms with Gasteiger partial charge in [-0.15, -0.1) is 0 Å². The van der Waals surface area contributed by atoms with Crippen LogP contribution in [0.3, 0.4) is 0 Å². The molecule has 1 aromatic heterocycles. The number of carboxylic acid groups (broad SMARTS) is 1. The number of ether oxygens (including phenoxy) is 2. The molecule has 0 unspecified atom stereocenters. The van der Waals surface area contributed by atoms with E-state index in [2.05, 4.69) is 4.98 Å². The van der Waals surface area contributed by atoms with Crippen molar-refractivity contribution < 1.29 is 19.4 Å². The second-order valence-electron chi connectivity index (χ2n) is 4.95. The number of hydrogen-bond donors (Lipinski definition) is 1. The topological polar surface area (TPSA) is 68.7 Å². The molecule has 0 bridgehead atoms. The minimum atomic E-state index is -1.03. The molecule has 1 heterocycles. The number of hydrogen-bond acceptors (Lipinski definition) is 4. The number of nitrogens with zero attached hydrogens (tertiary/aromatic N) is 1. The van der Waals surface area contributed by atoms with E-state index in [0.717, 1.165) is 5.56 Å². The van der Waals surface area contributed by atoms with Gasteiger partial charge in [0.05, 0.1) is 36.4 Å². The second-order valence-corrected chi connectivity index (χ2v) is 4.95. The predicted octanol–water partition coefficient (Wildman–Crippen LogP) is 3.62. The van der Waals surface area contributed by atoms with Crippen LogP contribution in [0, 0.1) is 0 Å². The Morgan fingerprint density at radius 2 is 1.78 bits per heavy atom. The van der Waals surface area contributed by atoms with Crippen molar-refractivity contribution in [3.63, 3.8) is 0 Å². The van der Waals surface area contributed by atoms with Crippen molar-refractivity contribution >= 4 is 16.9 Å². The first kappa shape index (κ1) is 14.8. The van der Waals surface area contributed by atoms with Gasteiger partial charge in [0.1, 0.15) is 11.5 Å². The van der Waals surface area contributed by atoms with Gasteiger partial charge in [0.2, 0.25) is 0 Å². The summed E-state index contributed by atoms with van der Waals surface area (Å²) in [4.78, 5) is 16.3. The summed E-state index contributed by atoms with van der Waals surface area (Å²) in [5.74, 6) is -0.0506. The molecular formula is C18H15NO4. The second kappa shape index (κ2) is 5.96. The molecule has 5 heteroatoms. The molecule has 0 saturated carbocycles. The van der Waals surface area contributed by atoms with Gasteiger partial charge in [-0.25, -0.2) is 9.78 Å². The fraction of sp³-hybridized carbons (Fsp3) is 0.111. The number of carboxylic acids is 1. The summed E-state index contributed by atoms with van der Waals surface area (Å²) in [7, 11) is 3.03. The molecule has 0 saturated heterocycles. The largest absolute Gasteiger partial charge is 0.497 e. The SMILES string of the molecule is COc1cc(OC)c2c(C(=O)O)cc(-c3ccccc3)nc2c1. The maximum Gasteiger partial charge on any atom is 0.336 e. The standard InChI is InChI=1S/C18H15NO4/c1-22-12-8-15-17(16(9-12)23-2)13(18(20)21)10-14(19-15)11-6-4-3-5-7-11/h3-10H,1-2H3,(H,20,21). The highest BCUT2D eigenvalue weighted by atomic mass is 16.5. The summed E-state index contributed by atoms with van der Waals surface area (Å²) in [6, 6.07) is 14.4. The quantitative estimate of drug-likeness (QED) is 0.797. The Kier molecular flexibility index (Phi) is 3.85. The number of fused-ring (bicyclic) bond motifs is 1. The van der Waals surface area contributed by atoms with E-state index in [1.807, 2.05) is 30.3 Å². The first-order valence-corrected chi connectivity index (χ1v) is 6.99. The maximum absolute atomic E-state index is 11.7. The molecule has 0 atom stereocenters. The highest BCUT2D eigenvalue weighted by molar-refractivity contribution is 6.06. The van der Waals surface area contributed by atoms with Gasteiger partial charge in [-0.05, 0) is 6.07 Å². The highest BCUT2D eigenvalue weighted by Gasteiger charge is 2.18. The normalized spacial score (nSPS) is 10.5. The fourth-order valence-electron chi connectivity index (χ4n) is 2.51. The first-order valence-electron chi connectivity index (χ1n) is 6.99. The lowest BCUT2D eigenvalue weighted by atomic mass is 10.0. The average molecular weight is 309 g/mol. The Balaban J connectivity index is 2.37. The van der Waals surface area contributed by atoms with Gasteiger partial charge in [-0.2, -0.15) is 0 Å². The smallest absolute Gasteiger partial charge is 0.336 e. The number of rotatable bonds is 4. The fourth-order valence-corrected chi connectivity index (χ4v) is 2.51. The lowest BCUT2D eigenvalue weighted by molar-refractivity contribution is 0.0698. The van der Waals surface area contributed by atoms with Crippen molar-refractivity contribution in [3.8, 4) is 22.8 Å². The molecule has 0 fully saturated rings. The van der Waals surface area contributed by atoms with E-state index in [1.165, 1.54) is 7.11 Å². The van der Waals surface area contributed by atoms with Crippen LogP contribution in [0.15, 0.2) is 48.5 Å². The Labute approximate surface area is 133 Å². The first-order chi connectivity index (χ1) is 11.1. The summed E-state index contributed by atoms with van der Waals surface area (Å²) in [6.45, 7) is 0. The number of methoxy groups -OCH3 is 2. The number of pyridine rings is 1. The van der Waals surface area contributed by atoms with Crippen LogP contribution in [0.25, 0.3) is 22.2 Å².